The molecule has 20 heavy (non-hydrogen) atoms. The zero-order valence-corrected chi connectivity index (χ0v) is 11.1. The Labute approximate surface area is 115 Å². The zero-order valence-electron chi connectivity index (χ0n) is 11.1. The summed E-state index contributed by atoms with van der Waals surface area (Å²) in [6.07, 6.45) is -1.58. The van der Waals surface area contributed by atoms with Crippen molar-refractivity contribution in [1.82, 2.24) is 5.32 Å². The predicted molar refractivity (Wildman–Crippen MR) is 70.1 cm³/mol. The Balaban J connectivity index is 2.08. The first-order chi connectivity index (χ1) is 9.32. The summed E-state index contributed by atoms with van der Waals surface area (Å²) in [7, 11) is 0. The number of alkyl halides is 3. The van der Waals surface area contributed by atoms with Gasteiger partial charge >= 0.3 is 6.18 Å². The van der Waals surface area contributed by atoms with Gasteiger partial charge in [0.1, 0.15) is 0 Å². The van der Waals surface area contributed by atoms with Crippen LogP contribution in [0.1, 0.15) is 42.1 Å². The molecule has 0 saturated heterocycles. The number of rotatable bonds is 4. The van der Waals surface area contributed by atoms with Crippen molar-refractivity contribution >= 4 is 11.6 Å². The molecule has 0 aromatic heterocycles. The summed E-state index contributed by atoms with van der Waals surface area (Å²) in [6, 6.07) is 3.34. The zero-order chi connectivity index (χ0) is 14.9. The molecule has 3 nitrogen and oxygen atoms in total. The van der Waals surface area contributed by atoms with Gasteiger partial charge in [-0.15, -0.1) is 0 Å². The van der Waals surface area contributed by atoms with Gasteiger partial charge in [0.15, 0.2) is 0 Å². The van der Waals surface area contributed by atoms with Crippen LogP contribution in [0.15, 0.2) is 18.2 Å². The molecule has 0 spiro atoms. The van der Waals surface area contributed by atoms with E-state index in [-0.39, 0.29) is 17.3 Å². The fourth-order valence-corrected chi connectivity index (χ4v) is 2.31. The van der Waals surface area contributed by atoms with Crippen molar-refractivity contribution in [3.63, 3.8) is 0 Å². The molecule has 110 valence electrons. The molecule has 1 aromatic carbocycles. The molecule has 1 aliphatic rings. The summed E-state index contributed by atoms with van der Waals surface area (Å²) >= 11 is 0. The maximum Gasteiger partial charge on any atom is 0.418 e. The van der Waals surface area contributed by atoms with Crippen LogP contribution in [-0.4, -0.2) is 11.9 Å². The quantitative estimate of drug-likeness (QED) is 0.835. The lowest BCUT2D eigenvalue weighted by Crippen LogP contribution is -2.27. The van der Waals surface area contributed by atoms with E-state index >= 15 is 0 Å². The number of nitrogens with one attached hydrogen (secondary N) is 1. The third-order valence-electron chi connectivity index (χ3n) is 3.52. The van der Waals surface area contributed by atoms with Gasteiger partial charge in [0, 0.05) is 17.3 Å². The second-order valence-electron chi connectivity index (χ2n) is 5.16. The average Bonchev–Trinajstić information content (AvgIpc) is 3.06. The molecule has 0 bridgehead atoms. The lowest BCUT2D eigenvalue weighted by atomic mass is 10.1. The van der Waals surface area contributed by atoms with Crippen molar-refractivity contribution in [1.29, 1.82) is 0 Å². The number of anilines is 1. The fourth-order valence-electron chi connectivity index (χ4n) is 2.31. The molecule has 1 fully saturated rings. The van der Waals surface area contributed by atoms with Crippen molar-refractivity contribution < 1.29 is 18.0 Å². The van der Waals surface area contributed by atoms with Crippen molar-refractivity contribution in [2.45, 2.75) is 38.4 Å². The highest BCUT2D eigenvalue weighted by Gasteiger charge is 2.38. The summed E-state index contributed by atoms with van der Waals surface area (Å²) in [5.74, 6) is -0.0149. The van der Waals surface area contributed by atoms with Gasteiger partial charge in [-0.1, -0.05) is 13.3 Å². The average molecular weight is 286 g/mol. The van der Waals surface area contributed by atoms with Gasteiger partial charge in [-0.25, -0.2) is 0 Å². The van der Waals surface area contributed by atoms with Crippen LogP contribution in [-0.2, 0) is 6.18 Å². The molecular formula is C14H17F3N2O. The molecule has 2 unspecified atom stereocenters. The van der Waals surface area contributed by atoms with Gasteiger partial charge in [0.05, 0.1) is 5.56 Å². The normalized spacial score (nSPS) is 21.6. The number of hydrogen-bond donors (Lipinski definition) is 2. The number of nitrogens with two attached hydrogens (primary N) is 1. The molecule has 2 rings (SSSR count). The molecule has 3 N–H and O–H groups in total. The predicted octanol–water partition coefficient (Wildman–Crippen LogP) is 3.21. The van der Waals surface area contributed by atoms with E-state index in [2.05, 4.69) is 12.2 Å². The molecule has 6 heteroatoms. The van der Waals surface area contributed by atoms with Crippen LogP contribution in [0.3, 0.4) is 0 Å². The van der Waals surface area contributed by atoms with Crippen molar-refractivity contribution in [3.8, 4) is 0 Å². The third kappa shape index (κ3) is 3.23. The second kappa shape index (κ2) is 5.34. The first-order valence-corrected chi connectivity index (χ1v) is 6.60. The molecule has 1 aliphatic carbocycles. The van der Waals surface area contributed by atoms with E-state index in [1.165, 1.54) is 6.07 Å². The van der Waals surface area contributed by atoms with E-state index in [0.717, 1.165) is 31.4 Å². The Bertz CT molecular complexity index is 514. The molecule has 0 heterocycles. The fraction of sp³-hybridized carbons (Fsp3) is 0.500. The van der Waals surface area contributed by atoms with E-state index in [1.54, 1.807) is 0 Å². The minimum Gasteiger partial charge on any atom is -0.398 e. The third-order valence-corrected chi connectivity index (χ3v) is 3.52. The first kappa shape index (κ1) is 14.7. The number of hydrogen-bond acceptors (Lipinski definition) is 2. The maximum absolute atomic E-state index is 12.7. The van der Waals surface area contributed by atoms with Crippen LogP contribution in [0.25, 0.3) is 0 Å². The molecule has 0 aliphatic heterocycles. The standard InChI is InChI=1S/C14H17F3N2O/c1-2-3-8-7-12(8)19-13(20)9-4-5-11(18)10(6-9)14(15,16)17/h4-6,8,12H,2-3,7,18H2,1H3,(H,19,20). The van der Waals surface area contributed by atoms with Gasteiger partial charge < -0.3 is 11.1 Å². The number of carbonyl (C=O) groups excluding carboxylic acids is 1. The van der Waals surface area contributed by atoms with E-state index in [0.29, 0.717) is 5.92 Å². The SMILES string of the molecule is CCCC1CC1NC(=O)c1ccc(N)c(C(F)(F)F)c1. The summed E-state index contributed by atoms with van der Waals surface area (Å²) in [4.78, 5) is 11.9. The van der Waals surface area contributed by atoms with Crippen LogP contribution in [0.4, 0.5) is 18.9 Å². The molecule has 2 atom stereocenters. The largest absolute Gasteiger partial charge is 0.418 e. The van der Waals surface area contributed by atoms with Gasteiger partial charge in [-0.05, 0) is 37.0 Å². The Morgan fingerprint density at radius 2 is 2.15 bits per heavy atom. The number of halogens is 3. The maximum atomic E-state index is 12.7. The Hall–Kier alpha value is -1.72. The summed E-state index contributed by atoms with van der Waals surface area (Å²) in [5.41, 5.74) is 3.96. The van der Waals surface area contributed by atoms with Gasteiger partial charge in [-0.2, -0.15) is 13.2 Å². The number of nitrogen functional groups attached to an aromatic ring is 1. The summed E-state index contributed by atoms with van der Waals surface area (Å²) in [6.45, 7) is 2.06. The summed E-state index contributed by atoms with van der Waals surface area (Å²) < 4.78 is 38.2. The van der Waals surface area contributed by atoms with Crippen molar-refractivity contribution in [3.05, 3.63) is 29.3 Å². The number of amides is 1. The molecular weight excluding hydrogens is 269 g/mol. The van der Waals surface area contributed by atoms with Crippen LogP contribution < -0.4 is 11.1 Å². The van der Waals surface area contributed by atoms with Crippen molar-refractivity contribution in [2.24, 2.45) is 5.92 Å². The highest BCUT2D eigenvalue weighted by atomic mass is 19.4. The number of carbonyl (C=O) groups is 1. The molecule has 0 radical (unpaired) electrons. The minimum absolute atomic E-state index is 0.00586. The Morgan fingerprint density at radius 1 is 1.45 bits per heavy atom. The lowest BCUT2D eigenvalue weighted by Gasteiger charge is -2.12. The minimum atomic E-state index is -4.55. The first-order valence-electron chi connectivity index (χ1n) is 6.60. The highest BCUT2D eigenvalue weighted by Crippen LogP contribution is 2.36. The van der Waals surface area contributed by atoms with Gasteiger partial charge in [0.2, 0.25) is 0 Å². The Morgan fingerprint density at radius 3 is 2.75 bits per heavy atom. The topological polar surface area (TPSA) is 55.1 Å². The molecule has 1 aromatic rings. The van der Waals surface area contributed by atoms with E-state index in [4.69, 9.17) is 5.73 Å². The lowest BCUT2D eigenvalue weighted by molar-refractivity contribution is -0.136. The van der Waals surface area contributed by atoms with Crippen LogP contribution >= 0.6 is 0 Å². The van der Waals surface area contributed by atoms with Crippen molar-refractivity contribution in [2.75, 3.05) is 5.73 Å². The van der Waals surface area contributed by atoms with Gasteiger partial charge in [-0.3, -0.25) is 4.79 Å². The second-order valence-corrected chi connectivity index (χ2v) is 5.16. The monoisotopic (exact) mass is 286 g/mol. The van der Waals surface area contributed by atoms with Crippen LogP contribution in [0.5, 0.6) is 0 Å². The van der Waals surface area contributed by atoms with E-state index < -0.39 is 17.6 Å². The molecule has 1 saturated carbocycles. The van der Waals surface area contributed by atoms with Crippen LogP contribution in [0.2, 0.25) is 0 Å². The van der Waals surface area contributed by atoms with Crippen LogP contribution in [0, 0.1) is 5.92 Å². The van der Waals surface area contributed by atoms with E-state index in [9.17, 15) is 18.0 Å². The summed E-state index contributed by atoms with van der Waals surface area (Å²) in [5, 5.41) is 2.76. The smallest absolute Gasteiger partial charge is 0.398 e. The number of benzene rings is 1. The molecule has 1 amide bonds. The Kier molecular flexibility index (Phi) is 3.92. The van der Waals surface area contributed by atoms with Gasteiger partial charge in [0.25, 0.3) is 5.91 Å². The van der Waals surface area contributed by atoms with E-state index in [1.807, 2.05) is 0 Å². The highest BCUT2D eigenvalue weighted by molar-refractivity contribution is 5.95.